The standard InChI is InChI=1S/C13H19NO2/c1-9-7-11(15)10(8-12(9)16-3)13(2)5-4-6-14-13/h7-8,14-15H,4-6H2,1-3H3. The van der Waals surface area contributed by atoms with Crippen LogP contribution in [-0.2, 0) is 5.54 Å². The van der Waals surface area contributed by atoms with E-state index in [0.717, 1.165) is 36.3 Å². The summed E-state index contributed by atoms with van der Waals surface area (Å²) in [5.74, 6) is 1.19. The maximum absolute atomic E-state index is 10.0. The summed E-state index contributed by atoms with van der Waals surface area (Å²) in [7, 11) is 1.66. The zero-order valence-corrected chi connectivity index (χ0v) is 10.1. The first-order valence-corrected chi connectivity index (χ1v) is 5.70. The number of methoxy groups -OCH3 is 1. The molecular weight excluding hydrogens is 202 g/mol. The van der Waals surface area contributed by atoms with Gasteiger partial charge in [-0.3, -0.25) is 0 Å². The van der Waals surface area contributed by atoms with Crippen molar-refractivity contribution in [2.75, 3.05) is 13.7 Å². The highest BCUT2D eigenvalue weighted by molar-refractivity contribution is 5.48. The van der Waals surface area contributed by atoms with Crippen LogP contribution in [0, 0.1) is 6.92 Å². The van der Waals surface area contributed by atoms with Crippen molar-refractivity contribution in [2.45, 2.75) is 32.2 Å². The van der Waals surface area contributed by atoms with E-state index < -0.39 is 0 Å². The first kappa shape index (κ1) is 11.3. The lowest BCUT2D eigenvalue weighted by molar-refractivity contribution is 0.380. The number of aryl methyl sites for hydroxylation is 1. The molecule has 0 aliphatic carbocycles. The van der Waals surface area contributed by atoms with Gasteiger partial charge in [0.25, 0.3) is 0 Å². The number of rotatable bonds is 2. The van der Waals surface area contributed by atoms with E-state index in [-0.39, 0.29) is 5.54 Å². The molecule has 0 aromatic heterocycles. The van der Waals surface area contributed by atoms with Crippen LogP contribution in [0.2, 0.25) is 0 Å². The van der Waals surface area contributed by atoms with Crippen LogP contribution in [0.5, 0.6) is 11.5 Å². The van der Waals surface area contributed by atoms with Crippen LogP contribution in [-0.4, -0.2) is 18.8 Å². The minimum absolute atomic E-state index is 0.120. The average molecular weight is 221 g/mol. The fourth-order valence-corrected chi connectivity index (χ4v) is 2.46. The number of benzene rings is 1. The Kier molecular flexibility index (Phi) is 2.80. The monoisotopic (exact) mass is 221 g/mol. The SMILES string of the molecule is COc1cc(C2(C)CCCN2)c(O)cc1C. The van der Waals surface area contributed by atoms with Gasteiger partial charge in [0.05, 0.1) is 7.11 Å². The molecule has 0 saturated carbocycles. The van der Waals surface area contributed by atoms with Gasteiger partial charge in [-0.05, 0) is 50.9 Å². The lowest BCUT2D eigenvalue weighted by Gasteiger charge is -2.26. The highest BCUT2D eigenvalue weighted by Gasteiger charge is 2.32. The summed E-state index contributed by atoms with van der Waals surface area (Å²) < 4.78 is 5.31. The molecule has 0 spiro atoms. The van der Waals surface area contributed by atoms with Crippen LogP contribution in [0.15, 0.2) is 12.1 Å². The fraction of sp³-hybridized carbons (Fsp3) is 0.538. The van der Waals surface area contributed by atoms with Crippen molar-refractivity contribution >= 4 is 0 Å². The Morgan fingerprint density at radius 2 is 2.19 bits per heavy atom. The lowest BCUT2D eigenvalue weighted by Crippen LogP contribution is -2.33. The number of phenolic OH excluding ortho intramolecular Hbond substituents is 1. The first-order chi connectivity index (χ1) is 7.57. The molecule has 1 aromatic rings. The van der Waals surface area contributed by atoms with Gasteiger partial charge in [0, 0.05) is 11.1 Å². The minimum Gasteiger partial charge on any atom is -0.508 e. The van der Waals surface area contributed by atoms with Gasteiger partial charge in [-0.15, -0.1) is 0 Å². The Balaban J connectivity index is 2.47. The van der Waals surface area contributed by atoms with E-state index >= 15 is 0 Å². The van der Waals surface area contributed by atoms with E-state index in [1.165, 1.54) is 0 Å². The van der Waals surface area contributed by atoms with Crippen molar-refractivity contribution in [3.8, 4) is 11.5 Å². The molecule has 1 fully saturated rings. The molecule has 1 aromatic carbocycles. The van der Waals surface area contributed by atoms with Crippen LogP contribution in [0.3, 0.4) is 0 Å². The Labute approximate surface area is 96.4 Å². The zero-order valence-electron chi connectivity index (χ0n) is 10.1. The van der Waals surface area contributed by atoms with Gasteiger partial charge in [0.2, 0.25) is 0 Å². The minimum atomic E-state index is -0.120. The van der Waals surface area contributed by atoms with Crippen LogP contribution >= 0.6 is 0 Å². The highest BCUT2D eigenvalue weighted by Crippen LogP contribution is 2.39. The third-order valence-corrected chi connectivity index (χ3v) is 3.48. The van der Waals surface area contributed by atoms with Crippen molar-refractivity contribution in [1.29, 1.82) is 0 Å². The maximum atomic E-state index is 10.0. The van der Waals surface area contributed by atoms with Crippen molar-refractivity contribution in [1.82, 2.24) is 5.32 Å². The Hall–Kier alpha value is -1.22. The van der Waals surface area contributed by atoms with E-state index in [9.17, 15) is 5.11 Å². The molecule has 0 amide bonds. The predicted octanol–water partition coefficient (Wildman–Crippen LogP) is 2.31. The largest absolute Gasteiger partial charge is 0.508 e. The molecule has 0 bridgehead atoms. The molecule has 88 valence electrons. The smallest absolute Gasteiger partial charge is 0.122 e. The molecule has 1 aliphatic heterocycles. The molecule has 1 heterocycles. The molecule has 16 heavy (non-hydrogen) atoms. The van der Waals surface area contributed by atoms with Crippen molar-refractivity contribution < 1.29 is 9.84 Å². The fourth-order valence-electron chi connectivity index (χ4n) is 2.46. The molecular formula is C13H19NO2. The molecule has 2 N–H and O–H groups in total. The predicted molar refractivity (Wildman–Crippen MR) is 64.0 cm³/mol. The number of ether oxygens (including phenoxy) is 1. The Bertz CT molecular complexity index is 395. The van der Waals surface area contributed by atoms with Gasteiger partial charge in [-0.2, -0.15) is 0 Å². The normalized spacial score (nSPS) is 24.7. The van der Waals surface area contributed by atoms with E-state index in [4.69, 9.17) is 4.74 Å². The summed E-state index contributed by atoms with van der Waals surface area (Å²) in [6.45, 7) is 5.07. The summed E-state index contributed by atoms with van der Waals surface area (Å²) in [4.78, 5) is 0. The van der Waals surface area contributed by atoms with Crippen molar-refractivity contribution in [3.05, 3.63) is 23.3 Å². The Morgan fingerprint density at radius 3 is 2.75 bits per heavy atom. The molecule has 1 saturated heterocycles. The highest BCUT2D eigenvalue weighted by atomic mass is 16.5. The molecule has 1 aliphatic rings. The van der Waals surface area contributed by atoms with Crippen LogP contribution in [0.4, 0.5) is 0 Å². The number of aromatic hydroxyl groups is 1. The van der Waals surface area contributed by atoms with E-state index in [1.807, 2.05) is 13.0 Å². The molecule has 1 atom stereocenters. The zero-order chi connectivity index (χ0) is 11.8. The third-order valence-electron chi connectivity index (χ3n) is 3.48. The second kappa shape index (κ2) is 3.98. The van der Waals surface area contributed by atoms with Crippen LogP contribution in [0.25, 0.3) is 0 Å². The van der Waals surface area contributed by atoms with Crippen LogP contribution < -0.4 is 10.1 Å². The number of hydrogen-bond acceptors (Lipinski definition) is 3. The van der Waals surface area contributed by atoms with Crippen LogP contribution in [0.1, 0.15) is 30.9 Å². The summed E-state index contributed by atoms with van der Waals surface area (Å²) in [6.07, 6.45) is 2.19. The topological polar surface area (TPSA) is 41.5 Å². The molecule has 3 nitrogen and oxygen atoms in total. The quantitative estimate of drug-likeness (QED) is 0.805. The van der Waals surface area contributed by atoms with Gasteiger partial charge >= 0.3 is 0 Å². The van der Waals surface area contributed by atoms with Gasteiger partial charge in [-0.1, -0.05) is 0 Å². The first-order valence-electron chi connectivity index (χ1n) is 5.70. The summed E-state index contributed by atoms with van der Waals surface area (Å²) >= 11 is 0. The lowest BCUT2D eigenvalue weighted by atomic mass is 9.89. The van der Waals surface area contributed by atoms with Gasteiger partial charge < -0.3 is 15.2 Å². The average Bonchev–Trinajstić information content (AvgIpc) is 2.66. The second-order valence-corrected chi connectivity index (χ2v) is 4.70. The van der Waals surface area contributed by atoms with E-state index in [1.54, 1.807) is 13.2 Å². The van der Waals surface area contributed by atoms with Crippen molar-refractivity contribution in [2.24, 2.45) is 0 Å². The van der Waals surface area contributed by atoms with Gasteiger partial charge in [0.1, 0.15) is 11.5 Å². The number of nitrogens with one attached hydrogen (secondary N) is 1. The van der Waals surface area contributed by atoms with E-state index in [2.05, 4.69) is 12.2 Å². The summed E-state index contributed by atoms with van der Waals surface area (Å²) in [5, 5.41) is 13.5. The van der Waals surface area contributed by atoms with Gasteiger partial charge in [-0.25, -0.2) is 0 Å². The third kappa shape index (κ3) is 1.76. The van der Waals surface area contributed by atoms with E-state index in [0.29, 0.717) is 5.75 Å². The molecule has 3 heteroatoms. The molecule has 0 radical (unpaired) electrons. The van der Waals surface area contributed by atoms with Crippen molar-refractivity contribution in [3.63, 3.8) is 0 Å². The summed E-state index contributed by atoms with van der Waals surface area (Å²) in [6, 6.07) is 3.72. The number of hydrogen-bond donors (Lipinski definition) is 2. The van der Waals surface area contributed by atoms with Gasteiger partial charge in [0.15, 0.2) is 0 Å². The number of phenols is 1. The molecule has 2 rings (SSSR count). The maximum Gasteiger partial charge on any atom is 0.122 e. The second-order valence-electron chi connectivity index (χ2n) is 4.70. The Morgan fingerprint density at radius 1 is 1.44 bits per heavy atom. The summed E-state index contributed by atoms with van der Waals surface area (Å²) in [5.41, 5.74) is 1.78. The molecule has 1 unspecified atom stereocenters.